The number of nitrogens with zero attached hydrogens (tertiary/aromatic N) is 2. The number of ether oxygens (including phenoxy) is 1. The van der Waals surface area contributed by atoms with Crippen molar-refractivity contribution in [2.24, 2.45) is 0 Å². The van der Waals surface area contributed by atoms with Crippen LogP contribution in [0, 0.1) is 0 Å². The Morgan fingerprint density at radius 1 is 1.10 bits per heavy atom. The van der Waals surface area contributed by atoms with Crippen LogP contribution >= 0.6 is 11.8 Å². The first-order chi connectivity index (χ1) is 15.0. The van der Waals surface area contributed by atoms with E-state index in [1.54, 1.807) is 10.6 Å². The van der Waals surface area contributed by atoms with Crippen LogP contribution in [-0.4, -0.2) is 33.4 Å². The average molecular weight is 440 g/mol. The second kappa shape index (κ2) is 11.1. The summed E-state index contributed by atoms with van der Waals surface area (Å²) in [6.45, 7) is 7.33. The number of para-hydroxylation sites is 1. The summed E-state index contributed by atoms with van der Waals surface area (Å²) in [5.41, 5.74) is 1.59. The van der Waals surface area contributed by atoms with E-state index in [4.69, 9.17) is 9.72 Å². The Morgan fingerprint density at radius 2 is 1.81 bits per heavy atom. The van der Waals surface area contributed by atoms with E-state index in [9.17, 15) is 9.59 Å². The lowest BCUT2D eigenvalue weighted by Gasteiger charge is -2.17. The second-order valence-corrected chi connectivity index (χ2v) is 8.91. The van der Waals surface area contributed by atoms with Crippen molar-refractivity contribution in [1.82, 2.24) is 14.9 Å². The molecular weight excluding hydrogens is 410 g/mol. The van der Waals surface area contributed by atoms with Crippen molar-refractivity contribution >= 4 is 28.6 Å². The number of hydrogen-bond acceptors (Lipinski definition) is 5. The van der Waals surface area contributed by atoms with E-state index >= 15 is 0 Å². The third-order valence-electron chi connectivity index (χ3n) is 4.76. The summed E-state index contributed by atoms with van der Waals surface area (Å²) in [5, 5.41) is 3.70. The van der Waals surface area contributed by atoms with E-state index in [-0.39, 0.29) is 17.6 Å². The normalized spacial score (nSPS) is 12.3. The highest BCUT2D eigenvalue weighted by Gasteiger charge is 2.19. The van der Waals surface area contributed by atoms with Crippen LogP contribution in [0.4, 0.5) is 0 Å². The number of nitrogens with one attached hydrogen (secondary N) is 1. The zero-order valence-electron chi connectivity index (χ0n) is 18.2. The van der Waals surface area contributed by atoms with Gasteiger partial charge in [0.2, 0.25) is 5.91 Å². The van der Waals surface area contributed by atoms with E-state index in [1.807, 2.05) is 69.3 Å². The SMILES string of the molecule is CC(C)OCCCn1c(SC(C)C(=O)NCc2ccccc2)nc2ccccc2c1=O. The molecular formula is C24H29N3O3S. The fourth-order valence-corrected chi connectivity index (χ4v) is 4.08. The molecule has 6 nitrogen and oxygen atoms in total. The summed E-state index contributed by atoms with van der Waals surface area (Å²) in [7, 11) is 0. The van der Waals surface area contributed by atoms with Gasteiger partial charge in [-0.2, -0.15) is 0 Å². The molecule has 0 aliphatic carbocycles. The first-order valence-electron chi connectivity index (χ1n) is 10.5. The largest absolute Gasteiger partial charge is 0.379 e. The Kier molecular flexibility index (Phi) is 8.26. The number of aromatic nitrogens is 2. The van der Waals surface area contributed by atoms with Crippen molar-refractivity contribution in [2.75, 3.05) is 6.61 Å². The number of amides is 1. The van der Waals surface area contributed by atoms with Crippen LogP contribution in [0.2, 0.25) is 0 Å². The predicted octanol–water partition coefficient (Wildman–Crippen LogP) is 4.01. The molecule has 1 unspecified atom stereocenters. The maximum Gasteiger partial charge on any atom is 0.262 e. The van der Waals surface area contributed by atoms with Crippen LogP contribution < -0.4 is 10.9 Å². The molecule has 1 aromatic heterocycles. The van der Waals surface area contributed by atoms with E-state index in [2.05, 4.69) is 5.32 Å². The van der Waals surface area contributed by atoms with Gasteiger partial charge in [0.25, 0.3) is 5.56 Å². The summed E-state index contributed by atoms with van der Waals surface area (Å²) >= 11 is 1.31. The quantitative estimate of drug-likeness (QED) is 0.294. The number of thioether (sulfide) groups is 1. The summed E-state index contributed by atoms with van der Waals surface area (Å²) in [4.78, 5) is 30.5. The molecule has 0 aliphatic heterocycles. The minimum absolute atomic E-state index is 0.0884. The van der Waals surface area contributed by atoms with Gasteiger partial charge >= 0.3 is 0 Å². The molecule has 0 fully saturated rings. The van der Waals surface area contributed by atoms with Gasteiger partial charge in [-0.15, -0.1) is 0 Å². The first-order valence-corrected chi connectivity index (χ1v) is 11.4. The highest BCUT2D eigenvalue weighted by molar-refractivity contribution is 8.00. The van der Waals surface area contributed by atoms with Crippen molar-refractivity contribution in [2.45, 2.75) is 56.8 Å². The Labute approximate surface area is 187 Å². The van der Waals surface area contributed by atoms with Gasteiger partial charge in [0.1, 0.15) is 0 Å². The van der Waals surface area contributed by atoms with Crippen LogP contribution in [0.25, 0.3) is 10.9 Å². The average Bonchev–Trinajstić information content (AvgIpc) is 2.77. The Hall–Kier alpha value is -2.64. The fourth-order valence-electron chi connectivity index (χ4n) is 3.12. The van der Waals surface area contributed by atoms with Crippen LogP contribution in [0.15, 0.2) is 64.5 Å². The first kappa shape index (κ1) is 23.0. The lowest BCUT2D eigenvalue weighted by Crippen LogP contribution is -2.32. The van der Waals surface area contributed by atoms with E-state index < -0.39 is 5.25 Å². The maximum absolute atomic E-state index is 13.1. The molecule has 0 radical (unpaired) electrons. The lowest BCUT2D eigenvalue weighted by atomic mass is 10.2. The zero-order chi connectivity index (χ0) is 22.2. The highest BCUT2D eigenvalue weighted by atomic mass is 32.2. The lowest BCUT2D eigenvalue weighted by molar-refractivity contribution is -0.120. The number of hydrogen-bond donors (Lipinski definition) is 1. The van der Waals surface area contributed by atoms with Crippen LogP contribution in [0.5, 0.6) is 0 Å². The summed E-state index contributed by atoms with van der Waals surface area (Å²) in [5.74, 6) is -0.0917. The van der Waals surface area contributed by atoms with Crippen molar-refractivity contribution in [1.29, 1.82) is 0 Å². The molecule has 2 aromatic carbocycles. The topological polar surface area (TPSA) is 73.2 Å². The number of carbonyl (C=O) groups is 1. The monoisotopic (exact) mass is 439 g/mol. The molecule has 1 atom stereocenters. The van der Waals surface area contributed by atoms with E-state index in [0.29, 0.717) is 42.2 Å². The summed E-state index contributed by atoms with van der Waals surface area (Å²) in [6, 6.07) is 17.1. The van der Waals surface area contributed by atoms with Gasteiger partial charge in [0.15, 0.2) is 5.16 Å². The molecule has 0 bridgehead atoms. The van der Waals surface area contributed by atoms with Crippen LogP contribution in [-0.2, 0) is 22.6 Å². The molecule has 0 spiro atoms. The minimum Gasteiger partial charge on any atom is -0.379 e. The minimum atomic E-state index is -0.394. The van der Waals surface area contributed by atoms with Gasteiger partial charge in [0, 0.05) is 19.7 Å². The molecule has 0 saturated carbocycles. The van der Waals surface area contributed by atoms with Gasteiger partial charge in [-0.25, -0.2) is 4.98 Å². The molecule has 3 aromatic rings. The molecule has 1 N–H and O–H groups in total. The maximum atomic E-state index is 13.1. The molecule has 7 heteroatoms. The Balaban J connectivity index is 1.76. The van der Waals surface area contributed by atoms with Gasteiger partial charge in [-0.1, -0.05) is 54.2 Å². The van der Waals surface area contributed by atoms with E-state index in [0.717, 1.165) is 5.56 Å². The van der Waals surface area contributed by atoms with Crippen LogP contribution in [0.3, 0.4) is 0 Å². The highest BCUT2D eigenvalue weighted by Crippen LogP contribution is 2.23. The predicted molar refractivity (Wildman–Crippen MR) is 125 cm³/mol. The molecule has 164 valence electrons. The number of fused-ring (bicyclic) bond motifs is 1. The number of carbonyl (C=O) groups excluding carboxylic acids is 1. The molecule has 0 saturated heterocycles. The summed E-state index contributed by atoms with van der Waals surface area (Å²) in [6.07, 6.45) is 0.842. The molecule has 31 heavy (non-hydrogen) atoms. The molecule has 3 rings (SSSR count). The molecule has 0 aliphatic rings. The van der Waals surface area contributed by atoms with Gasteiger partial charge in [0.05, 0.1) is 22.3 Å². The van der Waals surface area contributed by atoms with Gasteiger partial charge in [-0.05, 0) is 44.9 Å². The second-order valence-electron chi connectivity index (χ2n) is 7.60. The third kappa shape index (κ3) is 6.42. The van der Waals surface area contributed by atoms with E-state index in [1.165, 1.54) is 11.8 Å². The third-order valence-corrected chi connectivity index (χ3v) is 5.85. The van der Waals surface area contributed by atoms with Gasteiger partial charge in [-0.3, -0.25) is 14.2 Å². The standard InChI is InChI=1S/C24H29N3O3S/c1-17(2)30-15-9-14-27-23(29)20-12-7-8-13-21(20)26-24(27)31-18(3)22(28)25-16-19-10-5-4-6-11-19/h4-8,10-13,17-18H,9,14-16H2,1-3H3,(H,25,28). The van der Waals surface area contributed by atoms with Crippen molar-refractivity contribution in [3.8, 4) is 0 Å². The van der Waals surface area contributed by atoms with Crippen molar-refractivity contribution in [3.63, 3.8) is 0 Å². The smallest absolute Gasteiger partial charge is 0.262 e. The number of benzene rings is 2. The Morgan fingerprint density at radius 3 is 2.55 bits per heavy atom. The van der Waals surface area contributed by atoms with Gasteiger partial charge < -0.3 is 10.1 Å². The molecule has 1 amide bonds. The van der Waals surface area contributed by atoms with Crippen molar-refractivity contribution in [3.05, 3.63) is 70.5 Å². The molecule has 1 heterocycles. The number of rotatable bonds is 10. The summed E-state index contributed by atoms with van der Waals surface area (Å²) < 4.78 is 7.28. The van der Waals surface area contributed by atoms with Crippen LogP contribution in [0.1, 0.15) is 32.8 Å². The fraction of sp³-hybridized carbons (Fsp3) is 0.375. The van der Waals surface area contributed by atoms with Crippen molar-refractivity contribution < 1.29 is 9.53 Å². The zero-order valence-corrected chi connectivity index (χ0v) is 19.0. The Bertz CT molecular complexity index is 1070.